The molecule has 0 amide bonds. The molecule has 1 aromatic heterocycles. The van der Waals surface area contributed by atoms with Crippen molar-refractivity contribution >= 4 is 46.3 Å². The molecule has 1 unspecified atom stereocenters. The van der Waals surface area contributed by atoms with Crippen LogP contribution in [0.1, 0.15) is 0 Å². The maximum atomic E-state index is 9.40. The molecule has 122 valence electrons. The van der Waals surface area contributed by atoms with Gasteiger partial charge in [0, 0.05) is 11.6 Å². The van der Waals surface area contributed by atoms with Crippen molar-refractivity contribution in [1.82, 2.24) is 9.97 Å². The lowest BCUT2D eigenvalue weighted by molar-refractivity contribution is 0.105. The largest absolute Gasteiger partial charge is 0.394 e. The number of nitrogens with two attached hydrogens (primary N) is 1. The Morgan fingerprint density at radius 1 is 1.17 bits per heavy atom. The Morgan fingerprint density at radius 3 is 2.52 bits per heavy atom. The molecule has 0 fully saturated rings. The first-order valence-electron chi connectivity index (χ1n) is 6.52. The van der Waals surface area contributed by atoms with Crippen molar-refractivity contribution in [3.05, 3.63) is 34.4 Å². The van der Waals surface area contributed by atoms with E-state index in [-0.39, 0.29) is 29.2 Å². The monoisotopic (exact) mass is 356 g/mol. The van der Waals surface area contributed by atoms with E-state index in [0.29, 0.717) is 10.7 Å². The number of aliphatic hydroxyl groups is 2. The molecule has 2 rings (SSSR count). The summed E-state index contributed by atoms with van der Waals surface area (Å²) in [5.41, 5.74) is 6.27. The van der Waals surface area contributed by atoms with Gasteiger partial charge in [-0.15, -0.1) is 5.11 Å². The number of nitrogen functional groups attached to an aromatic ring is 1. The average molecular weight is 357 g/mol. The van der Waals surface area contributed by atoms with Crippen LogP contribution in [0.15, 0.2) is 34.5 Å². The van der Waals surface area contributed by atoms with Crippen molar-refractivity contribution in [3.63, 3.8) is 0 Å². The topological polar surface area (TPSA) is 129 Å². The zero-order chi connectivity index (χ0) is 16.8. The third-order valence-electron chi connectivity index (χ3n) is 2.67. The minimum Gasteiger partial charge on any atom is -0.394 e. The fourth-order valence-electron chi connectivity index (χ4n) is 1.55. The van der Waals surface area contributed by atoms with E-state index in [1.165, 1.54) is 0 Å². The molecule has 0 bridgehead atoms. The minimum absolute atomic E-state index is 0.0104. The molecular formula is C13H14Cl2N6O2. The van der Waals surface area contributed by atoms with Crippen LogP contribution in [0, 0.1) is 0 Å². The summed E-state index contributed by atoms with van der Waals surface area (Å²) in [6.45, 7) is -0.365. The Kier molecular flexibility index (Phi) is 6.05. The highest BCUT2D eigenvalue weighted by Gasteiger charge is 2.13. The van der Waals surface area contributed by atoms with Crippen molar-refractivity contribution in [2.75, 3.05) is 24.2 Å². The van der Waals surface area contributed by atoms with Gasteiger partial charge >= 0.3 is 0 Å². The molecule has 5 N–H and O–H groups in total. The van der Waals surface area contributed by atoms with Crippen LogP contribution in [0.2, 0.25) is 10.2 Å². The Morgan fingerprint density at radius 2 is 1.87 bits per heavy atom. The van der Waals surface area contributed by atoms with E-state index in [9.17, 15) is 5.11 Å². The maximum absolute atomic E-state index is 9.40. The zero-order valence-corrected chi connectivity index (χ0v) is 13.3. The van der Waals surface area contributed by atoms with Gasteiger partial charge in [-0.2, -0.15) is 15.1 Å². The first-order chi connectivity index (χ1) is 11.0. The molecule has 2 aromatic rings. The summed E-state index contributed by atoms with van der Waals surface area (Å²) >= 11 is 11.8. The lowest BCUT2D eigenvalue weighted by atomic mass is 10.3. The molecule has 10 heteroatoms. The number of nitrogens with zero attached hydrogens (tertiary/aromatic N) is 4. The van der Waals surface area contributed by atoms with Gasteiger partial charge in [-0.05, 0) is 24.3 Å². The zero-order valence-electron chi connectivity index (χ0n) is 11.8. The average Bonchev–Trinajstić information content (AvgIpc) is 2.53. The standard InChI is InChI=1S/C13H14Cl2N6O2/c14-7-1-3-8(4-2-7)20-21-10-11(15)18-13(16)19-12(10)17-5-9(23)6-22/h1-4,9,22-23H,5-6H2,(H3,16,17,18,19). The number of azo groups is 1. The molecular weight excluding hydrogens is 343 g/mol. The van der Waals surface area contributed by atoms with E-state index in [0.717, 1.165) is 0 Å². The molecule has 8 nitrogen and oxygen atoms in total. The summed E-state index contributed by atoms with van der Waals surface area (Å²) in [6, 6.07) is 6.71. The van der Waals surface area contributed by atoms with E-state index >= 15 is 0 Å². The van der Waals surface area contributed by atoms with Gasteiger partial charge in [-0.25, -0.2) is 0 Å². The molecule has 0 saturated carbocycles. The molecule has 0 radical (unpaired) electrons. The molecule has 0 spiro atoms. The summed E-state index contributed by atoms with van der Waals surface area (Å²) in [6.07, 6.45) is -0.967. The number of hydrogen-bond acceptors (Lipinski definition) is 8. The summed E-state index contributed by atoms with van der Waals surface area (Å²) in [4.78, 5) is 7.78. The second-order valence-electron chi connectivity index (χ2n) is 4.46. The smallest absolute Gasteiger partial charge is 0.223 e. The summed E-state index contributed by atoms with van der Waals surface area (Å²) in [5, 5.41) is 29.7. The Labute approximate surface area is 142 Å². The number of hydrogen-bond donors (Lipinski definition) is 4. The minimum atomic E-state index is -0.967. The summed E-state index contributed by atoms with van der Waals surface area (Å²) < 4.78 is 0. The van der Waals surface area contributed by atoms with Gasteiger partial charge in [0.1, 0.15) is 0 Å². The van der Waals surface area contributed by atoms with E-state index in [4.69, 9.17) is 34.0 Å². The fraction of sp³-hybridized carbons (Fsp3) is 0.231. The van der Waals surface area contributed by atoms with Crippen LogP contribution in [0.5, 0.6) is 0 Å². The number of anilines is 2. The lowest BCUT2D eigenvalue weighted by Crippen LogP contribution is -2.23. The normalized spacial score (nSPS) is 12.5. The highest BCUT2D eigenvalue weighted by molar-refractivity contribution is 6.32. The maximum Gasteiger partial charge on any atom is 0.223 e. The van der Waals surface area contributed by atoms with E-state index in [2.05, 4.69) is 25.5 Å². The number of aromatic nitrogens is 2. The van der Waals surface area contributed by atoms with Gasteiger partial charge in [0.05, 0.1) is 18.4 Å². The quantitative estimate of drug-likeness (QED) is 0.464. The Hall–Kier alpha value is -2.00. The van der Waals surface area contributed by atoms with Gasteiger partial charge in [0.25, 0.3) is 0 Å². The highest BCUT2D eigenvalue weighted by atomic mass is 35.5. The van der Waals surface area contributed by atoms with Gasteiger partial charge in [-0.1, -0.05) is 23.2 Å². The van der Waals surface area contributed by atoms with Crippen LogP contribution in [0.3, 0.4) is 0 Å². The predicted octanol–water partition coefficient (Wildman–Crippen LogP) is 2.55. The fourth-order valence-corrected chi connectivity index (χ4v) is 1.89. The molecule has 0 aliphatic carbocycles. The second-order valence-corrected chi connectivity index (χ2v) is 5.26. The number of benzene rings is 1. The van der Waals surface area contributed by atoms with Gasteiger partial charge in [-0.3, -0.25) is 0 Å². The van der Waals surface area contributed by atoms with Crippen LogP contribution in [0.25, 0.3) is 0 Å². The van der Waals surface area contributed by atoms with Crippen LogP contribution in [-0.4, -0.2) is 39.4 Å². The number of rotatable bonds is 6. The van der Waals surface area contributed by atoms with E-state index < -0.39 is 12.7 Å². The van der Waals surface area contributed by atoms with Crippen LogP contribution in [-0.2, 0) is 0 Å². The number of nitrogens with one attached hydrogen (secondary N) is 1. The van der Waals surface area contributed by atoms with Crippen LogP contribution < -0.4 is 11.1 Å². The van der Waals surface area contributed by atoms with Crippen LogP contribution >= 0.6 is 23.2 Å². The molecule has 1 aromatic carbocycles. The van der Waals surface area contributed by atoms with Crippen LogP contribution in [0.4, 0.5) is 23.1 Å². The van der Waals surface area contributed by atoms with Gasteiger partial charge in [0.2, 0.25) is 5.95 Å². The van der Waals surface area contributed by atoms with Gasteiger partial charge in [0.15, 0.2) is 16.7 Å². The molecule has 0 aliphatic rings. The van der Waals surface area contributed by atoms with Crippen molar-refractivity contribution in [2.45, 2.75) is 6.10 Å². The third kappa shape index (κ3) is 5.00. The SMILES string of the molecule is Nc1nc(Cl)c(N=Nc2ccc(Cl)cc2)c(NCC(O)CO)n1. The summed E-state index contributed by atoms with van der Waals surface area (Å²) in [5.74, 6) is 0.147. The predicted molar refractivity (Wildman–Crippen MR) is 88.7 cm³/mol. The lowest BCUT2D eigenvalue weighted by Gasteiger charge is -2.11. The highest BCUT2D eigenvalue weighted by Crippen LogP contribution is 2.32. The molecule has 0 saturated heterocycles. The number of aliphatic hydroxyl groups excluding tert-OH is 2. The van der Waals surface area contributed by atoms with Gasteiger partial charge < -0.3 is 21.3 Å². The van der Waals surface area contributed by atoms with Crippen molar-refractivity contribution < 1.29 is 10.2 Å². The first kappa shape index (κ1) is 17.4. The number of halogens is 2. The van der Waals surface area contributed by atoms with Crippen molar-refractivity contribution in [3.8, 4) is 0 Å². The Bertz CT molecular complexity index is 696. The third-order valence-corrected chi connectivity index (χ3v) is 3.18. The van der Waals surface area contributed by atoms with Crippen molar-refractivity contribution in [1.29, 1.82) is 0 Å². The molecule has 1 heterocycles. The summed E-state index contributed by atoms with van der Waals surface area (Å²) in [7, 11) is 0. The van der Waals surface area contributed by atoms with E-state index in [1.807, 2.05) is 0 Å². The van der Waals surface area contributed by atoms with Crippen molar-refractivity contribution in [2.24, 2.45) is 10.2 Å². The first-order valence-corrected chi connectivity index (χ1v) is 7.28. The Balaban J connectivity index is 2.26. The molecule has 23 heavy (non-hydrogen) atoms. The molecule has 1 atom stereocenters. The molecule has 0 aliphatic heterocycles. The second kappa shape index (κ2) is 8.02. The van der Waals surface area contributed by atoms with E-state index in [1.54, 1.807) is 24.3 Å².